The lowest BCUT2D eigenvalue weighted by Gasteiger charge is -2.02. The van der Waals surface area contributed by atoms with E-state index in [-0.39, 0.29) is 4.90 Å². The summed E-state index contributed by atoms with van der Waals surface area (Å²) in [7, 11) is -4.24. The van der Waals surface area contributed by atoms with Gasteiger partial charge < -0.3 is 0 Å². The molecule has 2 aliphatic rings. The largest absolute Gasteiger partial charge is 0.295 e. The van der Waals surface area contributed by atoms with Gasteiger partial charge in [-0.15, -0.1) is 0 Å². The topological polar surface area (TPSA) is 54.4 Å². The van der Waals surface area contributed by atoms with Crippen LogP contribution in [0.2, 0.25) is 0 Å². The van der Waals surface area contributed by atoms with Crippen LogP contribution in [0.3, 0.4) is 0 Å². The lowest BCUT2D eigenvalue weighted by molar-refractivity contribution is 0.483. The molecule has 3 nitrogen and oxygen atoms in total. The van der Waals surface area contributed by atoms with Gasteiger partial charge in [0.2, 0.25) is 0 Å². The van der Waals surface area contributed by atoms with Crippen molar-refractivity contribution < 1.29 is 13.0 Å². The molecule has 0 saturated heterocycles. The fraction of sp³-hybridized carbons (Fsp3) is 0. The van der Waals surface area contributed by atoms with Gasteiger partial charge in [-0.05, 0) is 28.7 Å². The summed E-state index contributed by atoms with van der Waals surface area (Å²) in [5, 5.41) is 2.16. The quantitative estimate of drug-likeness (QED) is 0.792. The third-order valence-electron chi connectivity index (χ3n) is 2.69. The summed E-state index contributed by atoms with van der Waals surface area (Å²) in [6, 6.07) is 1.40. The Morgan fingerprint density at radius 3 is 2.56 bits per heavy atom. The summed E-state index contributed by atoms with van der Waals surface area (Å²) in [6.07, 6.45) is 3.52. The fourth-order valence-electron chi connectivity index (χ4n) is 2.05. The molecule has 3 rings (SSSR count). The average molecular weight is 320 g/mol. The molecular formula is C10H4BrClO3S. The highest BCUT2D eigenvalue weighted by molar-refractivity contribution is 9.10. The summed E-state index contributed by atoms with van der Waals surface area (Å²) in [5.41, 5.74) is 1.16. The summed E-state index contributed by atoms with van der Waals surface area (Å²) < 4.78 is 32.3. The molecule has 0 spiro atoms. The minimum absolute atomic E-state index is 0.103. The SMILES string of the molecule is O=S(=O)(O)c1cc(Br)c2c3c1C(=C(Cl)C=3)C=2. The lowest BCUT2D eigenvalue weighted by Crippen LogP contribution is -2.25. The molecule has 16 heavy (non-hydrogen) atoms. The first-order valence-electron chi connectivity index (χ1n) is 4.33. The normalized spacial score (nSPS) is 16.4. The van der Waals surface area contributed by atoms with E-state index in [9.17, 15) is 8.42 Å². The minimum Gasteiger partial charge on any atom is -0.282 e. The monoisotopic (exact) mass is 318 g/mol. The van der Waals surface area contributed by atoms with Gasteiger partial charge in [-0.3, -0.25) is 4.55 Å². The fourth-order valence-corrected chi connectivity index (χ4v) is 3.76. The van der Waals surface area contributed by atoms with Crippen molar-refractivity contribution in [2.24, 2.45) is 0 Å². The van der Waals surface area contributed by atoms with Crippen LogP contribution in [0.25, 0.3) is 17.7 Å². The van der Waals surface area contributed by atoms with Crippen molar-refractivity contribution >= 4 is 55.4 Å². The van der Waals surface area contributed by atoms with Crippen LogP contribution in [0.4, 0.5) is 0 Å². The summed E-state index contributed by atoms with van der Waals surface area (Å²) >= 11 is 9.22. The Morgan fingerprint density at radius 2 is 1.94 bits per heavy atom. The zero-order chi connectivity index (χ0) is 11.7. The van der Waals surface area contributed by atoms with Crippen LogP contribution in [0.5, 0.6) is 0 Å². The Balaban J connectivity index is 2.58. The second-order valence-electron chi connectivity index (χ2n) is 3.58. The molecule has 0 heterocycles. The predicted octanol–water partition coefficient (Wildman–Crippen LogP) is 1.23. The third kappa shape index (κ3) is 1.20. The highest BCUT2D eigenvalue weighted by Crippen LogP contribution is 2.34. The summed E-state index contributed by atoms with van der Waals surface area (Å²) in [6.45, 7) is 0. The van der Waals surface area contributed by atoms with Gasteiger partial charge in [0.05, 0.1) is 0 Å². The number of hydrogen-bond donors (Lipinski definition) is 1. The highest BCUT2D eigenvalue weighted by Gasteiger charge is 2.28. The minimum atomic E-state index is -4.24. The third-order valence-corrected chi connectivity index (χ3v) is 4.53. The van der Waals surface area contributed by atoms with Crippen LogP contribution in [0.15, 0.2) is 20.5 Å². The van der Waals surface area contributed by atoms with Gasteiger partial charge in [-0.1, -0.05) is 27.5 Å². The standard InChI is InChI=1S/C10H4BrClO3S/c11-7-3-9(16(13,14)15)10-5-2-8(12)6(10)1-4(5)7/h1-3H,(H,13,14,15). The first kappa shape index (κ1) is 10.5. The molecule has 2 aliphatic carbocycles. The second kappa shape index (κ2) is 2.98. The molecule has 0 aliphatic heterocycles. The number of benzene rings is 1. The van der Waals surface area contributed by atoms with E-state index in [1.165, 1.54) is 6.07 Å². The van der Waals surface area contributed by atoms with Crippen LogP contribution in [-0.2, 0) is 10.1 Å². The number of halogens is 2. The van der Waals surface area contributed by atoms with E-state index in [0.29, 0.717) is 20.6 Å². The summed E-state index contributed by atoms with van der Waals surface area (Å²) in [4.78, 5) is -0.103. The lowest BCUT2D eigenvalue weighted by atomic mass is 10.2. The molecule has 1 aromatic carbocycles. The molecule has 0 unspecified atom stereocenters. The van der Waals surface area contributed by atoms with Crippen molar-refractivity contribution in [1.82, 2.24) is 0 Å². The average Bonchev–Trinajstić information content (AvgIpc) is 2.59. The molecule has 0 fully saturated rings. The van der Waals surface area contributed by atoms with Gasteiger partial charge in [-0.25, -0.2) is 0 Å². The van der Waals surface area contributed by atoms with E-state index in [1.54, 1.807) is 6.08 Å². The van der Waals surface area contributed by atoms with Crippen LogP contribution < -0.4 is 10.4 Å². The van der Waals surface area contributed by atoms with Crippen LogP contribution >= 0.6 is 27.5 Å². The molecule has 82 valence electrons. The Bertz CT molecular complexity index is 790. The second-order valence-corrected chi connectivity index (χ2v) is 6.24. The Labute approximate surface area is 105 Å². The summed E-state index contributed by atoms with van der Waals surface area (Å²) in [5.74, 6) is 0. The zero-order valence-electron chi connectivity index (χ0n) is 7.66. The molecule has 6 heteroatoms. The van der Waals surface area contributed by atoms with E-state index >= 15 is 0 Å². The maximum absolute atomic E-state index is 11.3. The number of rotatable bonds is 1. The molecule has 0 atom stereocenters. The molecule has 4 bridgehead atoms. The number of allylic oxidation sites excluding steroid dienone is 2. The molecule has 0 radical (unpaired) electrons. The zero-order valence-corrected chi connectivity index (χ0v) is 10.8. The van der Waals surface area contributed by atoms with Gasteiger partial charge in [0, 0.05) is 20.6 Å². The maximum atomic E-state index is 11.3. The molecule has 0 saturated carbocycles. The molecular weight excluding hydrogens is 316 g/mol. The van der Waals surface area contributed by atoms with Gasteiger partial charge in [0.25, 0.3) is 10.1 Å². The van der Waals surface area contributed by atoms with E-state index in [0.717, 1.165) is 10.4 Å². The van der Waals surface area contributed by atoms with Gasteiger partial charge in [0.1, 0.15) is 4.90 Å². The predicted molar refractivity (Wildman–Crippen MR) is 64.9 cm³/mol. The van der Waals surface area contributed by atoms with Gasteiger partial charge >= 0.3 is 0 Å². The molecule has 0 aromatic heterocycles. The molecule has 0 amide bonds. The van der Waals surface area contributed by atoms with Gasteiger partial charge in [0.15, 0.2) is 0 Å². The van der Waals surface area contributed by atoms with E-state index < -0.39 is 10.1 Å². The van der Waals surface area contributed by atoms with E-state index in [1.807, 2.05) is 6.08 Å². The van der Waals surface area contributed by atoms with Gasteiger partial charge in [-0.2, -0.15) is 8.42 Å². The first-order valence-corrected chi connectivity index (χ1v) is 6.94. The number of hydrogen-bond acceptors (Lipinski definition) is 2. The Morgan fingerprint density at radius 1 is 1.25 bits per heavy atom. The van der Waals surface area contributed by atoms with Crippen molar-refractivity contribution in [2.45, 2.75) is 4.90 Å². The van der Waals surface area contributed by atoms with Crippen molar-refractivity contribution in [3.05, 3.63) is 31.6 Å². The van der Waals surface area contributed by atoms with E-state index in [4.69, 9.17) is 16.2 Å². The maximum Gasteiger partial charge on any atom is 0.295 e. The van der Waals surface area contributed by atoms with Crippen LogP contribution in [-0.4, -0.2) is 13.0 Å². The Hall–Kier alpha value is -0.620. The van der Waals surface area contributed by atoms with Crippen molar-refractivity contribution in [1.29, 1.82) is 0 Å². The molecule has 1 N–H and O–H groups in total. The van der Waals surface area contributed by atoms with Crippen LogP contribution in [0.1, 0.15) is 5.56 Å². The Kier molecular flexibility index (Phi) is 1.96. The first-order chi connectivity index (χ1) is 7.39. The van der Waals surface area contributed by atoms with E-state index in [2.05, 4.69) is 15.9 Å². The van der Waals surface area contributed by atoms with Crippen LogP contribution in [0, 0.1) is 0 Å². The van der Waals surface area contributed by atoms with Crippen molar-refractivity contribution in [3.63, 3.8) is 0 Å². The smallest absolute Gasteiger partial charge is 0.282 e. The van der Waals surface area contributed by atoms with Crippen molar-refractivity contribution in [3.8, 4) is 0 Å². The highest BCUT2D eigenvalue weighted by atomic mass is 79.9. The van der Waals surface area contributed by atoms with Crippen molar-refractivity contribution in [2.75, 3.05) is 0 Å². The molecule has 1 aromatic rings.